The van der Waals surface area contributed by atoms with E-state index in [0.717, 1.165) is 6.42 Å². The van der Waals surface area contributed by atoms with Gasteiger partial charge in [0.05, 0.1) is 18.9 Å². The summed E-state index contributed by atoms with van der Waals surface area (Å²) >= 11 is 1.19. The highest BCUT2D eigenvalue weighted by Gasteiger charge is 2.16. The highest BCUT2D eigenvalue weighted by atomic mass is 32.1. The lowest BCUT2D eigenvalue weighted by Gasteiger charge is -2.09. The molecule has 2 heterocycles. The summed E-state index contributed by atoms with van der Waals surface area (Å²) < 4.78 is 25.6. The van der Waals surface area contributed by atoms with Gasteiger partial charge in [0.25, 0.3) is 5.91 Å². The van der Waals surface area contributed by atoms with Crippen LogP contribution in [0.4, 0.5) is 15.2 Å². The maximum absolute atomic E-state index is 14.4. The first-order valence-electron chi connectivity index (χ1n) is 9.23. The van der Waals surface area contributed by atoms with Crippen molar-refractivity contribution in [3.8, 4) is 22.8 Å². The van der Waals surface area contributed by atoms with Crippen molar-refractivity contribution in [2.75, 3.05) is 23.8 Å². The Morgan fingerprint density at radius 1 is 1.07 bits per heavy atom. The number of hydrogen-bond acceptors (Lipinski definition) is 6. The maximum atomic E-state index is 14.4. The molecule has 2 N–H and O–H groups in total. The van der Waals surface area contributed by atoms with Gasteiger partial charge in [-0.05, 0) is 36.4 Å². The van der Waals surface area contributed by atoms with Crippen LogP contribution in [-0.4, -0.2) is 30.0 Å². The molecular formula is C21H18FN3O4S. The largest absolute Gasteiger partial charge is 0.490 e. The minimum atomic E-state index is -0.521. The molecule has 154 valence electrons. The molecule has 0 spiro atoms. The Hall–Kier alpha value is -3.46. The third-order valence-electron chi connectivity index (χ3n) is 4.30. The van der Waals surface area contributed by atoms with Gasteiger partial charge in [-0.2, -0.15) is 0 Å². The van der Waals surface area contributed by atoms with E-state index in [2.05, 4.69) is 15.6 Å². The van der Waals surface area contributed by atoms with Crippen molar-refractivity contribution in [3.05, 3.63) is 53.2 Å². The molecule has 0 unspecified atom stereocenters. The van der Waals surface area contributed by atoms with Gasteiger partial charge in [0.15, 0.2) is 16.6 Å². The van der Waals surface area contributed by atoms with Crippen LogP contribution in [-0.2, 0) is 4.79 Å². The number of amides is 2. The van der Waals surface area contributed by atoms with Gasteiger partial charge in [-0.25, -0.2) is 9.37 Å². The Morgan fingerprint density at radius 3 is 2.63 bits per heavy atom. The zero-order chi connectivity index (χ0) is 21.1. The van der Waals surface area contributed by atoms with Gasteiger partial charge in [0.2, 0.25) is 5.91 Å². The second-order valence-electron chi connectivity index (χ2n) is 6.58. The first-order valence-corrected chi connectivity index (χ1v) is 10.1. The van der Waals surface area contributed by atoms with Gasteiger partial charge in [0, 0.05) is 35.5 Å². The molecule has 0 saturated heterocycles. The number of hydrogen-bond donors (Lipinski definition) is 2. The molecule has 1 aliphatic rings. The summed E-state index contributed by atoms with van der Waals surface area (Å²) in [6.45, 7) is 2.45. The first kappa shape index (κ1) is 19.8. The third kappa shape index (κ3) is 4.41. The fraction of sp³-hybridized carbons (Fsp3) is 0.190. The quantitative estimate of drug-likeness (QED) is 0.647. The number of fused-ring (bicyclic) bond motifs is 1. The van der Waals surface area contributed by atoms with Crippen LogP contribution >= 0.6 is 11.3 Å². The molecule has 2 amide bonds. The predicted octanol–water partition coefficient (Wildman–Crippen LogP) is 4.32. The van der Waals surface area contributed by atoms with Gasteiger partial charge in [-0.3, -0.25) is 14.9 Å². The van der Waals surface area contributed by atoms with Crippen molar-refractivity contribution in [2.45, 2.75) is 13.3 Å². The van der Waals surface area contributed by atoms with E-state index in [1.54, 1.807) is 29.6 Å². The molecule has 0 aliphatic carbocycles. The topological polar surface area (TPSA) is 89.6 Å². The minimum Gasteiger partial charge on any atom is -0.490 e. The molecule has 3 aromatic rings. The lowest BCUT2D eigenvalue weighted by atomic mass is 10.1. The first-order chi connectivity index (χ1) is 14.5. The molecule has 0 saturated carbocycles. The molecule has 1 aromatic heterocycles. The Morgan fingerprint density at radius 2 is 1.87 bits per heavy atom. The fourth-order valence-electron chi connectivity index (χ4n) is 2.93. The molecule has 2 aromatic carbocycles. The van der Waals surface area contributed by atoms with Crippen LogP contribution in [0, 0.1) is 5.82 Å². The number of rotatable bonds is 4. The average Bonchev–Trinajstić information content (AvgIpc) is 3.03. The minimum absolute atomic E-state index is 0.274. The highest BCUT2D eigenvalue weighted by molar-refractivity contribution is 7.14. The Balaban J connectivity index is 1.49. The van der Waals surface area contributed by atoms with Crippen molar-refractivity contribution in [1.29, 1.82) is 0 Å². The van der Waals surface area contributed by atoms with Gasteiger partial charge in [0.1, 0.15) is 5.82 Å². The van der Waals surface area contributed by atoms with Crippen molar-refractivity contribution in [1.82, 2.24) is 4.98 Å². The summed E-state index contributed by atoms with van der Waals surface area (Å²) in [5.74, 6) is -0.0176. The van der Waals surface area contributed by atoms with E-state index in [-0.39, 0.29) is 17.4 Å². The third-order valence-corrected chi connectivity index (χ3v) is 5.06. The van der Waals surface area contributed by atoms with Gasteiger partial charge in [-0.1, -0.05) is 0 Å². The van der Waals surface area contributed by atoms with Crippen LogP contribution in [0.5, 0.6) is 11.5 Å². The second-order valence-corrected chi connectivity index (χ2v) is 7.44. The average molecular weight is 427 g/mol. The molecule has 0 atom stereocenters. The van der Waals surface area contributed by atoms with Crippen LogP contribution < -0.4 is 20.1 Å². The van der Waals surface area contributed by atoms with Gasteiger partial charge >= 0.3 is 0 Å². The van der Waals surface area contributed by atoms with Crippen LogP contribution in [0.3, 0.4) is 0 Å². The summed E-state index contributed by atoms with van der Waals surface area (Å²) in [5, 5.41) is 7.24. The predicted molar refractivity (Wildman–Crippen MR) is 112 cm³/mol. The van der Waals surface area contributed by atoms with Crippen molar-refractivity contribution in [2.24, 2.45) is 0 Å². The second kappa shape index (κ2) is 8.50. The molecular weight excluding hydrogens is 409 g/mol. The SMILES string of the molecule is CC(=O)Nc1ccc(-c2csc(NC(=O)c3ccc4c(c3)OCCCO4)n2)c(F)c1. The lowest BCUT2D eigenvalue weighted by molar-refractivity contribution is -0.114. The highest BCUT2D eigenvalue weighted by Crippen LogP contribution is 2.32. The number of benzene rings is 2. The van der Waals surface area contributed by atoms with E-state index >= 15 is 0 Å². The van der Waals surface area contributed by atoms with E-state index in [0.29, 0.717) is 46.8 Å². The molecule has 30 heavy (non-hydrogen) atoms. The number of nitrogens with zero attached hydrogens (tertiary/aromatic N) is 1. The number of carbonyl (C=O) groups is 2. The zero-order valence-corrected chi connectivity index (χ0v) is 16.8. The summed E-state index contributed by atoms with van der Waals surface area (Å²) in [5.41, 5.74) is 1.43. The summed E-state index contributed by atoms with van der Waals surface area (Å²) in [6.07, 6.45) is 0.778. The number of thiazole rings is 1. The monoisotopic (exact) mass is 427 g/mol. The van der Waals surface area contributed by atoms with Gasteiger partial charge < -0.3 is 14.8 Å². The standard InChI is InChI=1S/C21H18FN3O4S/c1-12(26)23-14-4-5-15(16(22)10-14)17-11-30-21(24-17)25-20(27)13-3-6-18-19(9-13)29-8-2-7-28-18/h3-6,9-11H,2,7-8H2,1H3,(H,23,26)(H,24,25,27). The van der Waals surface area contributed by atoms with Crippen molar-refractivity contribution >= 4 is 34.0 Å². The van der Waals surface area contributed by atoms with Crippen LogP contribution in [0.2, 0.25) is 0 Å². The molecule has 0 bridgehead atoms. The number of carbonyl (C=O) groups excluding carboxylic acids is 2. The summed E-state index contributed by atoms with van der Waals surface area (Å²) in [4.78, 5) is 28.0. The van der Waals surface area contributed by atoms with E-state index in [4.69, 9.17) is 9.47 Å². The summed E-state index contributed by atoms with van der Waals surface area (Å²) in [7, 11) is 0. The molecule has 0 radical (unpaired) electrons. The van der Waals surface area contributed by atoms with E-state index in [1.807, 2.05) is 0 Å². The number of anilines is 2. The zero-order valence-electron chi connectivity index (χ0n) is 16.0. The molecule has 7 nitrogen and oxygen atoms in total. The van der Waals surface area contributed by atoms with E-state index < -0.39 is 5.82 Å². The fourth-order valence-corrected chi connectivity index (χ4v) is 3.64. The Kier molecular flexibility index (Phi) is 5.62. The number of nitrogens with one attached hydrogen (secondary N) is 2. The van der Waals surface area contributed by atoms with Gasteiger partial charge in [-0.15, -0.1) is 11.3 Å². The lowest BCUT2D eigenvalue weighted by Crippen LogP contribution is -2.12. The normalized spacial score (nSPS) is 12.7. The molecule has 4 rings (SSSR count). The molecule has 9 heteroatoms. The Labute approximate surface area is 175 Å². The smallest absolute Gasteiger partial charge is 0.257 e. The van der Waals surface area contributed by atoms with E-state index in [1.165, 1.54) is 30.4 Å². The van der Waals surface area contributed by atoms with Crippen LogP contribution in [0.25, 0.3) is 11.3 Å². The van der Waals surface area contributed by atoms with E-state index in [9.17, 15) is 14.0 Å². The van der Waals surface area contributed by atoms with Crippen molar-refractivity contribution < 1.29 is 23.5 Å². The van der Waals surface area contributed by atoms with Crippen molar-refractivity contribution in [3.63, 3.8) is 0 Å². The van der Waals surface area contributed by atoms with Crippen LogP contribution in [0.1, 0.15) is 23.7 Å². The number of aromatic nitrogens is 1. The maximum Gasteiger partial charge on any atom is 0.257 e. The number of halogens is 1. The molecule has 1 aliphatic heterocycles. The Bertz CT molecular complexity index is 1120. The summed E-state index contributed by atoms with van der Waals surface area (Å²) in [6, 6.07) is 9.34. The number of ether oxygens (including phenoxy) is 2. The molecule has 0 fully saturated rings. The van der Waals surface area contributed by atoms with Crippen LogP contribution in [0.15, 0.2) is 41.8 Å².